The van der Waals surface area contributed by atoms with Gasteiger partial charge in [0.05, 0.1) is 16.6 Å². The molecule has 0 saturated carbocycles. The summed E-state index contributed by atoms with van der Waals surface area (Å²) < 4.78 is 1.84. The van der Waals surface area contributed by atoms with Crippen LogP contribution in [0, 0.1) is 13.8 Å². The van der Waals surface area contributed by atoms with Crippen LogP contribution in [0.25, 0.3) is 16.6 Å². The molecule has 31 heavy (non-hydrogen) atoms. The molecular formula is C23H24N6OS. The van der Waals surface area contributed by atoms with Crippen molar-refractivity contribution < 1.29 is 4.79 Å². The molecule has 0 spiro atoms. The second kappa shape index (κ2) is 7.86. The van der Waals surface area contributed by atoms with Gasteiger partial charge in [-0.3, -0.25) is 9.69 Å². The smallest absolute Gasteiger partial charge is 0.273 e. The molecule has 0 radical (unpaired) electrons. The molecule has 1 amide bonds. The Balaban J connectivity index is 1.43. The number of carbonyl (C=O) groups excluding carboxylic acids is 1. The Labute approximate surface area is 184 Å². The number of aryl methyl sites for hydroxylation is 2. The fourth-order valence-corrected chi connectivity index (χ4v) is 4.63. The van der Waals surface area contributed by atoms with Crippen LogP contribution in [-0.2, 0) is 0 Å². The van der Waals surface area contributed by atoms with Crippen LogP contribution in [0.3, 0.4) is 0 Å². The number of benzene rings is 1. The van der Waals surface area contributed by atoms with E-state index in [1.807, 2.05) is 27.9 Å². The number of carbonyl (C=O) groups is 1. The normalized spacial score (nSPS) is 17.4. The zero-order valence-corrected chi connectivity index (χ0v) is 18.6. The maximum Gasteiger partial charge on any atom is 0.273 e. The number of aromatic nitrogens is 4. The maximum atomic E-state index is 12.9. The van der Waals surface area contributed by atoms with E-state index in [-0.39, 0.29) is 11.9 Å². The van der Waals surface area contributed by atoms with E-state index in [4.69, 9.17) is 0 Å². The lowest BCUT2D eigenvalue weighted by atomic mass is 10.0. The number of fused-ring (bicyclic) bond motifs is 1. The van der Waals surface area contributed by atoms with E-state index < -0.39 is 0 Å². The lowest BCUT2D eigenvalue weighted by molar-refractivity contribution is 0.0537. The molecule has 158 valence electrons. The highest BCUT2D eigenvalue weighted by Gasteiger charge is 2.32. The predicted octanol–water partition coefficient (Wildman–Crippen LogP) is 3.60. The van der Waals surface area contributed by atoms with Crippen LogP contribution in [0.5, 0.6) is 0 Å². The first-order chi connectivity index (χ1) is 15.0. The third-order valence-corrected chi connectivity index (χ3v) is 6.69. The van der Waals surface area contributed by atoms with Crippen LogP contribution in [0.2, 0.25) is 0 Å². The summed E-state index contributed by atoms with van der Waals surface area (Å²) in [6.45, 7) is 6.03. The van der Waals surface area contributed by atoms with E-state index in [0.29, 0.717) is 18.8 Å². The van der Waals surface area contributed by atoms with Crippen LogP contribution in [0.15, 0.2) is 48.0 Å². The van der Waals surface area contributed by atoms with Crippen molar-refractivity contribution in [3.05, 3.63) is 69.9 Å². The molecule has 1 aliphatic heterocycles. The number of hydrogen-bond donors (Lipinski definition) is 0. The van der Waals surface area contributed by atoms with Gasteiger partial charge in [0.15, 0.2) is 0 Å². The number of hydrogen-bond acceptors (Lipinski definition) is 6. The zero-order chi connectivity index (χ0) is 21.5. The Hall–Kier alpha value is -3.10. The summed E-state index contributed by atoms with van der Waals surface area (Å²) in [5.41, 5.74) is 5.87. The second-order valence-electron chi connectivity index (χ2n) is 8.09. The number of pyridine rings is 1. The minimum absolute atomic E-state index is 0.0134. The van der Waals surface area contributed by atoms with Crippen molar-refractivity contribution >= 4 is 22.8 Å². The van der Waals surface area contributed by atoms with Crippen molar-refractivity contribution in [3.63, 3.8) is 0 Å². The molecule has 0 aliphatic carbocycles. The van der Waals surface area contributed by atoms with E-state index in [2.05, 4.69) is 70.6 Å². The zero-order valence-electron chi connectivity index (χ0n) is 17.8. The molecule has 1 atom stereocenters. The molecule has 1 aromatic carbocycles. The lowest BCUT2D eigenvalue weighted by Gasteiger charge is -2.38. The van der Waals surface area contributed by atoms with E-state index in [1.165, 1.54) is 16.9 Å². The third-order valence-electron chi connectivity index (χ3n) is 5.91. The van der Waals surface area contributed by atoms with Crippen LogP contribution < -0.4 is 0 Å². The summed E-state index contributed by atoms with van der Waals surface area (Å²) in [5.74, 6) is -0.0134. The third kappa shape index (κ3) is 3.73. The number of nitrogens with zero attached hydrogens (tertiary/aromatic N) is 6. The molecule has 4 aromatic rings. The molecule has 0 bridgehead atoms. The Morgan fingerprint density at radius 3 is 2.58 bits per heavy atom. The number of rotatable bonds is 3. The average molecular weight is 433 g/mol. The first-order valence-corrected chi connectivity index (χ1v) is 11.2. The van der Waals surface area contributed by atoms with Gasteiger partial charge in [0.1, 0.15) is 11.4 Å². The van der Waals surface area contributed by atoms with Gasteiger partial charge < -0.3 is 4.90 Å². The Kier molecular flexibility index (Phi) is 5.03. The predicted molar refractivity (Wildman–Crippen MR) is 121 cm³/mol. The number of piperazine rings is 1. The van der Waals surface area contributed by atoms with Crippen molar-refractivity contribution in [2.24, 2.45) is 0 Å². The molecule has 1 unspecified atom stereocenters. The van der Waals surface area contributed by atoms with Crippen LogP contribution in [0.1, 0.15) is 32.8 Å². The Morgan fingerprint density at radius 1 is 1.06 bits per heavy atom. The standard InChI is InChI=1S/C23H24N6OS/c1-15-4-6-17(7-5-15)18-8-9-20-22(25-26-29(20)12-18)21-13-28(11-10-27(21)3)23(30)19-14-31-16(2)24-19/h4-9,12,14,21H,10-11,13H2,1-3H3. The molecule has 3 aromatic heterocycles. The van der Waals surface area contributed by atoms with E-state index in [9.17, 15) is 4.79 Å². The first-order valence-electron chi connectivity index (χ1n) is 10.3. The topological polar surface area (TPSA) is 66.6 Å². The molecule has 4 heterocycles. The average Bonchev–Trinajstić information content (AvgIpc) is 3.40. The molecule has 1 aliphatic rings. The summed E-state index contributed by atoms with van der Waals surface area (Å²) in [6, 6.07) is 12.6. The fraction of sp³-hybridized carbons (Fsp3) is 0.304. The second-order valence-corrected chi connectivity index (χ2v) is 9.15. The summed E-state index contributed by atoms with van der Waals surface area (Å²) in [4.78, 5) is 21.4. The van der Waals surface area contributed by atoms with E-state index in [1.54, 1.807) is 0 Å². The van der Waals surface area contributed by atoms with Crippen molar-refractivity contribution in [2.45, 2.75) is 19.9 Å². The van der Waals surface area contributed by atoms with Gasteiger partial charge in [-0.05, 0) is 32.5 Å². The van der Waals surface area contributed by atoms with Crippen molar-refractivity contribution in [2.75, 3.05) is 26.7 Å². The number of thiazole rings is 1. The summed E-state index contributed by atoms with van der Waals surface area (Å²) >= 11 is 1.50. The van der Waals surface area contributed by atoms with Gasteiger partial charge in [-0.25, -0.2) is 9.50 Å². The van der Waals surface area contributed by atoms with Crippen LogP contribution in [0.4, 0.5) is 0 Å². The molecule has 7 nitrogen and oxygen atoms in total. The molecule has 0 N–H and O–H groups in total. The molecule has 8 heteroatoms. The SMILES string of the molecule is Cc1ccc(-c2ccc3c(C4CN(C(=O)c5csc(C)n5)CCN4C)nnn3c2)cc1. The molecule has 1 fully saturated rings. The van der Waals surface area contributed by atoms with Crippen LogP contribution >= 0.6 is 11.3 Å². The summed E-state index contributed by atoms with van der Waals surface area (Å²) in [6.07, 6.45) is 2.01. The maximum absolute atomic E-state index is 12.9. The molecular weight excluding hydrogens is 408 g/mol. The van der Waals surface area contributed by atoms with Gasteiger partial charge in [-0.15, -0.1) is 16.4 Å². The monoisotopic (exact) mass is 432 g/mol. The highest BCUT2D eigenvalue weighted by molar-refractivity contribution is 7.09. The van der Waals surface area contributed by atoms with Crippen molar-refractivity contribution in [3.8, 4) is 11.1 Å². The van der Waals surface area contributed by atoms with E-state index in [0.717, 1.165) is 33.9 Å². The summed E-state index contributed by atoms with van der Waals surface area (Å²) in [5, 5.41) is 11.6. The van der Waals surface area contributed by atoms with Crippen LogP contribution in [-0.4, -0.2) is 62.2 Å². The Bertz CT molecular complexity index is 1240. The minimum Gasteiger partial charge on any atom is -0.334 e. The Morgan fingerprint density at radius 2 is 1.84 bits per heavy atom. The highest BCUT2D eigenvalue weighted by atomic mass is 32.1. The minimum atomic E-state index is -0.0137. The number of amides is 1. The van der Waals surface area contributed by atoms with Gasteiger partial charge in [-0.2, -0.15) is 0 Å². The van der Waals surface area contributed by atoms with Crippen molar-refractivity contribution in [1.29, 1.82) is 0 Å². The van der Waals surface area contributed by atoms with Gasteiger partial charge in [0.2, 0.25) is 0 Å². The quantitative estimate of drug-likeness (QED) is 0.495. The van der Waals surface area contributed by atoms with Gasteiger partial charge in [-0.1, -0.05) is 41.1 Å². The summed E-state index contributed by atoms with van der Waals surface area (Å²) in [7, 11) is 2.07. The molecule has 5 rings (SSSR count). The van der Waals surface area contributed by atoms with Crippen molar-refractivity contribution in [1.82, 2.24) is 29.6 Å². The molecule has 1 saturated heterocycles. The first kappa shape index (κ1) is 19.8. The van der Waals surface area contributed by atoms with E-state index >= 15 is 0 Å². The van der Waals surface area contributed by atoms with Gasteiger partial charge in [0.25, 0.3) is 5.91 Å². The largest absolute Gasteiger partial charge is 0.334 e. The number of likely N-dealkylation sites (N-methyl/N-ethyl adjacent to an activating group) is 1. The fourth-order valence-electron chi connectivity index (χ4n) is 4.04. The highest BCUT2D eigenvalue weighted by Crippen LogP contribution is 2.28. The van der Waals surface area contributed by atoms with Gasteiger partial charge >= 0.3 is 0 Å². The lowest BCUT2D eigenvalue weighted by Crippen LogP contribution is -2.49. The van der Waals surface area contributed by atoms with Gasteiger partial charge in [0, 0.05) is 36.8 Å².